The molecule has 2 rings (SSSR count). The predicted molar refractivity (Wildman–Crippen MR) is 87.3 cm³/mol. The second-order valence-corrected chi connectivity index (χ2v) is 7.17. The zero-order valence-corrected chi connectivity index (χ0v) is 14.0. The molecular formula is C17H33N3O. The van der Waals surface area contributed by atoms with E-state index < -0.39 is 0 Å². The third kappa shape index (κ3) is 4.96. The number of carbonyl (C=O) groups is 1. The van der Waals surface area contributed by atoms with E-state index in [1.807, 2.05) is 0 Å². The molecule has 0 bridgehead atoms. The number of hydrogen-bond acceptors (Lipinski definition) is 3. The van der Waals surface area contributed by atoms with E-state index in [-0.39, 0.29) is 11.9 Å². The molecule has 2 fully saturated rings. The van der Waals surface area contributed by atoms with Crippen LogP contribution in [-0.4, -0.2) is 49.1 Å². The quantitative estimate of drug-likeness (QED) is 0.738. The van der Waals surface area contributed by atoms with Gasteiger partial charge in [0.05, 0.1) is 6.04 Å². The molecular weight excluding hydrogens is 262 g/mol. The molecule has 1 saturated carbocycles. The smallest absolute Gasteiger partial charge is 0.237 e. The van der Waals surface area contributed by atoms with E-state index in [2.05, 4.69) is 36.4 Å². The van der Waals surface area contributed by atoms with Crippen molar-refractivity contribution in [3.8, 4) is 0 Å². The zero-order chi connectivity index (χ0) is 15.2. The lowest BCUT2D eigenvalue weighted by Crippen LogP contribution is -2.55. The van der Waals surface area contributed by atoms with Crippen molar-refractivity contribution in [3.05, 3.63) is 0 Å². The Hall–Kier alpha value is -0.610. The number of rotatable bonds is 6. The van der Waals surface area contributed by atoms with Crippen LogP contribution in [0.1, 0.15) is 58.8 Å². The van der Waals surface area contributed by atoms with Gasteiger partial charge in [-0.05, 0) is 65.5 Å². The van der Waals surface area contributed by atoms with Crippen LogP contribution in [0.25, 0.3) is 0 Å². The van der Waals surface area contributed by atoms with Gasteiger partial charge in [0.15, 0.2) is 0 Å². The number of fused-ring (bicyclic) bond motifs is 1. The molecule has 4 nitrogen and oxygen atoms in total. The van der Waals surface area contributed by atoms with Crippen LogP contribution in [-0.2, 0) is 4.79 Å². The maximum absolute atomic E-state index is 12.3. The molecule has 1 amide bonds. The van der Waals surface area contributed by atoms with Gasteiger partial charge in [0.1, 0.15) is 0 Å². The van der Waals surface area contributed by atoms with Crippen molar-refractivity contribution in [2.75, 3.05) is 20.1 Å². The highest BCUT2D eigenvalue weighted by molar-refractivity contribution is 5.81. The normalized spacial score (nSPS) is 29.5. The SMILES string of the molecule is CC(C)N(C)CCCNC(=O)C1CCC2CCCCC2N1. The van der Waals surface area contributed by atoms with Crippen molar-refractivity contribution in [2.45, 2.75) is 76.9 Å². The van der Waals surface area contributed by atoms with Crippen molar-refractivity contribution in [1.82, 2.24) is 15.5 Å². The first-order chi connectivity index (χ1) is 10.1. The number of piperidine rings is 1. The first kappa shape index (κ1) is 16.8. The van der Waals surface area contributed by atoms with E-state index >= 15 is 0 Å². The molecule has 1 heterocycles. The Kier molecular flexibility index (Phi) is 6.49. The van der Waals surface area contributed by atoms with Crippen molar-refractivity contribution in [3.63, 3.8) is 0 Å². The summed E-state index contributed by atoms with van der Waals surface area (Å²) in [4.78, 5) is 14.6. The molecule has 1 aliphatic carbocycles. The topological polar surface area (TPSA) is 44.4 Å². The van der Waals surface area contributed by atoms with Gasteiger partial charge in [0, 0.05) is 18.6 Å². The van der Waals surface area contributed by atoms with Gasteiger partial charge in [0.2, 0.25) is 5.91 Å². The predicted octanol–water partition coefficient (Wildman–Crippen LogP) is 2.14. The lowest BCUT2D eigenvalue weighted by Gasteiger charge is -2.39. The van der Waals surface area contributed by atoms with Crippen LogP contribution < -0.4 is 10.6 Å². The highest BCUT2D eigenvalue weighted by Gasteiger charge is 2.34. The standard InChI is InChI=1S/C17H33N3O/c1-13(2)20(3)12-6-11-18-17(21)16-10-9-14-7-4-5-8-15(14)19-16/h13-16,19H,4-12H2,1-3H3,(H,18,21). The molecule has 4 heteroatoms. The lowest BCUT2D eigenvalue weighted by molar-refractivity contribution is -0.124. The van der Waals surface area contributed by atoms with Crippen molar-refractivity contribution in [1.29, 1.82) is 0 Å². The Bertz CT molecular complexity index is 332. The summed E-state index contributed by atoms with van der Waals surface area (Å²) in [5.41, 5.74) is 0. The number of nitrogens with one attached hydrogen (secondary N) is 2. The van der Waals surface area contributed by atoms with Gasteiger partial charge in [-0.15, -0.1) is 0 Å². The monoisotopic (exact) mass is 295 g/mol. The van der Waals surface area contributed by atoms with Gasteiger partial charge in [-0.25, -0.2) is 0 Å². The summed E-state index contributed by atoms with van der Waals surface area (Å²) in [5, 5.41) is 6.71. The summed E-state index contributed by atoms with van der Waals surface area (Å²) in [6, 6.07) is 1.21. The Morgan fingerprint density at radius 2 is 2.00 bits per heavy atom. The van der Waals surface area contributed by atoms with E-state index in [0.717, 1.165) is 31.8 Å². The fourth-order valence-electron chi connectivity index (χ4n) is 3.62. The third-order valence-electron chi connectivity index (χ3n) is 5.34. The second kappa shape index (κ2) is 8.14. The maximum Gasteiger partial charge on any atom is 0.237 e. The van der Waals surface area contributed by atoms with Gasteiger partial charge in [0.25, 0.3) is 0 Å². The summed E-state index contributed by atoms with van der Waals surface area (Å²) in [6.45, 7) is 6.24. The van der Waals surface area contributed by atoms with Crippen molar-refractivity contribution >= 4 is 5.91 Å². The minimum absolute atomic E-state index is 0.0483. The van der Waals surface area contributed by atoms with Crippen LogP contribution in [0.3, 0.4) is 0 Å². The Morgan fingerprint density at radius 3 is 2.76 bits per heavy atom. The van der Waals surface area contributed by atoms with Crippen LogP contribution in [0, 0.1) is 5.92 Å². The molecule has 2 aliphatic rings. The first-order valence-corrected chi connectivity index (χ1v) is 8.82. The average Bonchev–Trinajstić information content (AvgIpc) is 2.50. The molecule has 1 saturated heterocycles. The number of carbonyl (C=O) groups excluding carboxylic acids is 1. The number of hydrogen-bond donors (Lipinski definition) is 2. The number of amides is 1. The lowest BCUT2D eigenvalue weighted by atomic mass is 9.77. The van der Waals surface area contributed by atoms with Crippen LogP contribution >= 0.6 is 0 Å². The minimum atomic E-state index is 0.0483. The van der Waals surface area contributed by atoms with Crippen LogP contribution in [0.2, 0.25) is 0 Å². The molecule has 0 aromatic heterocycles. The summed E-state index contributed by atoms with van der Waals surface area (Å²) in [5.74, 6) is 1.04. The summed E-state index contributed by atoms with van der Waals surface area (Å²) >= 11 is 0. The van der Waals surface area contributed by atoms with Crippen LogP contribution in [0.4, 0.5) is 0 Å². The number of nitrogens with zero attached hydrogens (tertiary/aromatic N) is 1. The first-order valence-electron chi connectivity index (χ1n) is 8.82. The van der Waals surface area contributed by atoms with Crippen molar-refractivity contribution in [2.24, 2.45) is 5.92 Å². The summed E-state index contributed by atoms with van der Waals surface area (Å²) in [7, 11) is 2.14. The molecule has 2 N–H and O–H groups in total. The van der Waals surface area contributed by atoms with Crippen LogP contribution in [0.15, 0.2) is 0 Å². The van der Waals surface area contributed by atoms with E-state index in [0.29, 0.717) is 12.1 Å². The van der Waals surface area contributed by atoms with E-state index in [9.17, 15) is 4.79 Å². The molecule has 0 spiro atoms. The fourth-order valence-corrected chi connectivity index (χ4v) is 3.62. The highest BCUT2D eigenvalue weighted by Crippen LogP contribution is 2.32. The molecule has 3 atom stereocenters. The van der Waals surface area contributed by atoms with Crippen molar-refractivity contribution < 1.29 is 4.79 Å². The third-order valence-corrected chi connectivity index (χ3v) is 5.34. The Labute approximate surface area is 130 Å². The zero-order valence-electron chi connectivity index (χ0n) is 14.0. The summed E-state index contributed by atoms with van der Waals surface area (Å²) in [6.07, 6.45) is 8.58. The minimum Gasteiger partial charge on any atom is -0.355 e. The van der Waals surface area contributed by atoms with E-state index in [1.165, 1.54) is 32.1 Å². The van der Waals surface area contributed by atoms with E-state index in [1.54, 1.807) is 0 Å². The van der Waals surface area contributed by atoms with Gasteiger partial charge in [-0.1, -0.05) is 12.8 Å². The molecule has 1 aliphatic heterocycles. The molecule has 21 heavy (non-hydrogen) atoms. The molecule has 0 aromatic rings. The van der Waals surface area contributed by atoms with Gasteiger partial charge < -0.3 is 15.5 Å². The fraction of sp³-hybridized carbons (Fsp3) is 0.941. The Morgan fingerprint density at radius 1 is 1.24 bits per heavy atom. The van der Waals surface area contributed by atoms with E-state index in [4.69, 9.17) is 0 Å². The summed E-state index contributed by atoms with van der Waals surface area (Å²) < 4.78 is 0. The van der Waals surface area contributed by atoms with Gasteiger partial charge >= 0.3 is 0 Å². The molecule has 0 radical (unpaired) electrons. The maximum atomic E-state index is 12.3. The largest absolute Gasteiger partial charge is 0.355 e. The van der Waals surface area contributed by atoms with Gasteiger partial charge in [-0.2, -0.15) is 0 Å². The molecule has 122 valence electrons. The average molecular weight is 295 g/mol. The molecule has 3 unspecified atom stereocenters. The molecule has 0 aromatic carbocycles. The van der Waals surface area contributed by atoms with Gasteiger partial charge in [-0.3, -0.25) is 4.79 Å². The highest BCUT2D eigenvalue weighted by atomic mass is 16.2. The second-order valence-electron chi connectivity index (χ2n) is 7.17. The Balaban J connectivity index is 1.64. The van der Waals surface area contributed by atoms with Crippen LogP contribution in [0.5, 0.6) is 0 Å².